The number of rotatable bonds is 4. The minimum absolute atomic E-state index is 0.404. The van der Waals surface area contributed by atoms with Crippen LogP contribution in [0.15, 0.2) is 35.0 Å². The van der Waals surface area contributed by atoms with E-state index in [0.29, 0.717) is 5.88 Å². The fourth-order valence-electron chi connectivity index (χ4n) is 2.12. The quantitative estimate of drug-likeness (QED) is 0.682. The first kappa shape index (κ1) is 12.5. The van der Waals surface area contributed by atoms with Crippen LogP contribution >= 0.6 is 22.9 Å². The van der Waals surface area contributed by atoms with Crippen LogP contribution in [0.5, 0.6) is 5.75 Å². The number of nitrogens with zero attached hydrogens (tertiary/aromatic N) is 2. The highest BCUT2D eigenvalue weighted by molar-refractivity contribution is 7.07. The number of alkyl halides is 1. The zero-order valence-corrected chi connectivity index (χ0v) is 12.0. The van der Waals surface area contributed by atoms with Gasteiger partial charge in [-0.2, -0.15) is 11.3 Å². The number of aromatic nitrogens is 2. The number of benzene rings is 1. The molecule has 0 aliphatic carbocycles. The Balaban J connectivity index is 2.13. The molecule has 1 aromatic carbocycles. The van der Waals surface area contributed by atoms with E-state index in [9.17, 15) is 0 Å². The van der Waals surface area contributed by atoms with E-state index in [-0.39, 0.29) is 0 Å². The molecular weight excluding hydrogens is 280 g/mol. The molecule has 19 heavy (non-hydrogen) atoms. The van der Waals surface area contributed by atoms with Crippen LogP contribution in [0.2, 0.25) is 0 Å². The van der Waals surface area contributed by atoms with Gasteiger partial charge in [0.05, 0.1) is 30.6 Å². The van der Waals surface area contributed by atoms with E-state index in [2.05, 4.69) is 26.4 Å². The monoisotopic (exact) mass is 292 g/mol. The summed E-state index contributed by atoms with van der Waals surface area (Å²) in [5.41, 5.74) is 3.27. The maximum Gasteiger partial charge on any atom is 0.125 e. The van der Waals surface area contributed by atoms with Gasteiger partial charge in [0.15, 0.2) is 0 Å². The average Bonchev–Trinajstić information content (AvgIpc) is 3.07. The summed E-state index contributed by atoms with van der Waals surface area (Å²) in [7, 11) is 1.67. The summed E-state index contributed by atoms with van der Waals surface area (Å²) in [5, 5.41) is 4.22. The number of methoxy groups -OCH3 is 1. The lowest BCUT2D eigenvalue weighted by molar-refractivity contribution is 0.415. The average molecular weight is 293 g/mol. The fourth-order valence-corrected chi connectivity index (χ4v) is 2.99. The van der Waals surface area contributed by atoms with E-state index in [4.69, 9.17) is 16.3 Å². The van der Waals surface area contributed by atoms with Crippen molar-refractivity contribution in [2.75, 3.05) is 7.11 Å². The molecular formula is C14H13ClN2OS. The molecule has 0 radical (unpaired) electrons. The summed E-state index contributed by atoms with van der Waals surface area (Å²) in [5.74, 6) is 2.12. The Labute approximate surface area is 120 Å². The Morgan fingerprint density at radius 1 is 1.37 bits per heavy atom. The molecule has 0 N–H and O–H groups in total. The normalized spacial score (nSPS) is 11.1. The highest BCUT2D eigenvalue weighted by atomic mass is 35.5. The second-order valence-corrected chi connectivity index (χ2v) is 5.28. The summed E-state index contributed by atoms with van der Waals surface area (Å²) in [6, 6.07) is 8.01. The molecule has 0 saturated heterocycles. The van der Waals surface area contributed by atoms with Crippen LogP contribution < -0.4 is 4.74 Å². The zero-order valence-electron chi connectivity index (χ0n) is 10.5. The van der Waals surface area contributed by atoms with Gasteiger partial charge in [0.25, 0.3) is 0 Å². The molecule has 0 aliphatic heterocycles. The minimum atomic E-state index is 0.404. The Morgan fingerprint density at radius 3 is 2.95 bits per heavy atom. The van der Waals surface area contributed by atoms with Gasteiger partial charge in [0, 0.05) is 6.07 Å². The zero-order chi connectivity index (χ0) is 13.2. The summed E-state index contributed by atoms with van der Waals surface area (Å²) < 4.78 is 7.43. The van der Waals surface area contributed by atoms with Crippen LogP contribution in [0, 0.1) is 0 Å². The maximum atomic E-state index is 6.01. The predicted molar refractivity (Wildman–Crippen MR) is 79.3 cm³/mol. The Bertz CT molecular complexity index is 691. The molecule has 0 aliphatic rings. The van der Waals surface area contributed by atoms with Crippen molar-refractivity contribution in [1.82, 2.24) is 9.55 Å². The topological polar surface area (TPSA) is 27.1 Å². The molecule has 5 heteroatoms. The smallest absolute Gasteiger partial charge is 0.125 e. The Kier molecular flexibility index (Phi) is 3.44. The standard InChI is InChI=1S/C14H13ClN2OS/c1-18-11-2-3-12-13(6-11)17(14(7-15)16-12)8-10-4-5-19-9-10/h2-6,9H,7-8H2,1H3. The molecule has 0 unspecified atom stereocenters. The lowest BCUT2D eigenvalue weighted by Gasteiger charge is -2.07. The van der Waals surface area contributed by atoms with Gasteiger partial charge in [-0.1, -0.05) is 0 Å². The highest BCUT2D eigenvalue weighted by Gasteiger charge is 2.11. The van der Waals surface area contributed by atoms with E-state index in [1.807, 2.05) is 18.2 Å². The van der Waals surface area contributed by atoms with Crippen LogP contribution in [0.4, 0.5) is 0 Å². The van der Waals surface area contributed by atoms with Gasteiger partial charge in [-0.25, -0.2) is 4.98 Å². The van der Waals surface area contributed by atoms with E-state index in [1.54, 1.807) is 18.4 Å². The molecule has 0 bridgehead atoms. The van der Waals surface area contributed by atoms with Crippen LogP contribution in [-0.4, -0.2) is 16.7 Å². The SMILES string of the molecule is COc1ccc2nc(CCl)n(Cc3ccsc3)c2c1. The molecule has 0 amide bonds. The van der Waals surface area contributed by atoms with Crippen molar-refractivity contribution in [3.63, 3.8) is 0 Å². The second kappa shape index (κ2) is 5.23. The largest absolute Gasteiger partial charge is 0.497 e. The van der Waals surface area contributed by atoms with Crippen molar-refractivity contribution in [1.29, 1.82) is 0 Å². The molecule has 0 fully saturated rings. The van der Waals surface area contributed by atoms with Gasteiger partial charge in [-0.15, -0.1) is 11.6 Å². The van der Waals surface area contributed by atoms with E-state index >= 15 is 0 Å². The first-order valence-corrected chi connectivity index (χ1v) is 7.39. The molecule has 0 atom stereocenters. The number of thiophene rings is 1. The van der Waals surface area contributed by atoms with Gasteiger partial charge < -0.3 is 9.30 Å². The molecule has 3 rings (SSSR count). The molecule has 2 aromatic heterocycles. The fraction of sp³-hybridized carbons (Fsp3) is 0.214. The third-order valence-electron chi connectivity index (χ3n) is 3.07. The lowest BCUT2D eigenvalue weighted by Crippen LogP contribution is -2.03. The minimum Gasteiger partial charge on any atom is -0.497 e. The van der Waals surface area contributed by atoms with Crippen molar-refractivity contribution in [2.45, 2.75) is 12.4 Å². The van der Waals surface area contributed by atoms with Gasteiger partial charge in [-0.3, -0.25) is 0 Å². The van der Waals surface area contributed by atoms with E-state index in [0.717, 1.165) is 29.2 Å². The molecule has 3 nitrogen and oxygen atoms in total. The second-order valence-electron chi connectivity index (χ2n) is 4.23. The summed E-state index contributed by atoms with van der Waals surface area (Å²) in [6.45, 7) is 0.787. The van der Waals surface area contributed by atoms with Gasteiger partial charge in [-0.05, 0) is 34.5 Å². The van der Waals surface area contributed by atoms with Gasteiger partial charge >= 0.3 is 0 Å². The third kappa shape index (κ3) is 2.33. The van der Waals surface area contributed by atoms with Crippen molar-refractivity contribution >= 4 is 34.0 Å². The molecule has 3 aromatic rings. The van der Waals surface area contributed by atoms with Crippen LogP contribution in [0.3, 0.4) is 0 Å². The number of halogens is 1. The van der Waals surface area contributed by atoms with Crippen molar-refractivity contribution in [3.8, 4) is 5.75 Å². The van der Waals surface area contributed by atoms with E-state index < -0.39 is 0 Å². The number of hydrogen-bond donors (Lipinski definition) is 0. The molecule has 0 saturated carbocycles. The summed E-state index contributed by atoms with van der Waals surface area (Å²) >= 11 is 7.70. The van der Waals surface area contributed by atoms with Gasteiger partial charge in [0.2, 0.25) is 0 Å². The van der Waals surface area contributed by atoms with Crippen molar-refractivity contribution in [3.05, 3.63) is 46.4 Å². The first-order valence-electron chi connectivity index (χ1n) is 5.92. The van der Waals surface area contributed by atoms with Crippen molar-refractivity contribution < 1.29 is 4.74 Å². The number of imidazole rings is 1. The van der Waals surface area contributed by atoms with Crippen LogP contribution in [0.1, 0.15) is 11.4 Å². The lowest BCUT2D eigenvalue weighted by atomic mass is 10.3. The summed E-state index contributed by atoms with van der Waals surface area (Å²) in [4.78, 5) is 4.57. The molecule has 2 heterocycles. The number of ether oxygens (including phenoxy) is 1. The Morgan fingerprint density at radius 2 is 2.26 bits per heavy atom. The van der Waals surface area contributed by atoms with Crippen LogP contribution in [-0.2, 0) is 12.4 Å². The van der Waals surface area contributed by atoms with Crippen LogP contribution in [0.25, 0.3) is 11.0 Å². The number of hydrogen-bond acceptors (Lipinski definition) is 3. The predicted octanol–water partition coefficient (Wildman–Crippen LogP) is 3.89. The number of fused-ring (bicyclic) bond motifs is 1. The molecule has 0 spiro atoms. The maximum absolute atomic E-state index is 6.01. The van der Waals surface area contributed by atoms with E-state index in [1.165, 1.54) is 5.56 Å². The highest BCUT2D eigenvalue weighted by Crippen LogP contribution is 2.24. The van der Waals surface area contributed by atoms with Crippen molar-refractivity contribution in [2.24, 2.45) is 0 Å². The molecule has 98 valence electrons. The third-order valence-corrected chi connectivity index (χ3v) is 4.05. The first-order chi connectivity index (χ1) is 9.31. The Hall–Kier alpha value is -1.52. The summed E-state index contributed by atoms with van der Waals surface area (Å²) in [6.07, 6.45) is 0. The van der Waals surface area contributed by atoms with Gasteiger partial charge in [0.1, 0.15) is 11.6 Å².